The lowest BCUT2D eigenvalue weighted by Gasteiger charge is -2.02. The maximum absolute atomic E-state index is 5.34. The van der Waals surface area contributed by atoms with E-state index in [0.717, 1.165) is 17.0 Å². The third-order valence-electron chi connectivity index (χ3n) is 1.56. The largest absolute Gasteiger partial charge is 0.307 e. The monoisotopic (exact) mass is 199 g/mol. The van der Waals surface area contributed by atoms with Gasteiger partial charge in [0, 0.05) is 6.54 Å². The second kappa shape index (κ2) is 4.88. The summed E-state index contributed by atoms with van der Waals surface area (Å²) in [6, 6.07) is 0. The molecule has 1 aromatic heterocycles. The highest BCUT2D eigenvalue weighted by molar-refractivity contribution is 7.08. The van der Waals surface area contributed by atoms with Gasteiger partial charge in [-0.15, -0.1) is 5.10 Å². The van der Waals surface area contributed by atoms with Crippen LogP contribution in [0.1, 0.15) is 24.4 Å². The molecule has 0 spiro atoms. The quantitative estimate of drug-likeness (QED) is 0.318. The molecule has 0 radical (unpaired) electrons. The molecule has 0 saturated heterocycles. The van der Waals surface area contributed by atoms with E-state index < -0.39 is 0 Å². The summed E-state index contributed by atoms with van der Waals surface area (Å²) in [5, 5.41) is 3.98. The Kier molecular flexibility index (Phi) is 3.78. The molecule has 1 rings (SSSR count). The molecule has 3 N–H and O–H groups in total. The van der Waals surface area contributed by atoms with E-state index >= 15 is 0 Å². The molecule has 0 aliphatic rings. The van der Waals surface area contributed by atoms with Gasteiger partial charge in [0.15, 0.2) is 5.84 Å². The Morgan fingerprint density at radius 2 is 2.38 bits per heavy atom. The van der Waals surface area contributed by atoms with Gasteiger partial charge >= 0.3 is 0 Å². The number of rotatable bonds is 3. The van der Waals surface area contributed by atoms with Crippen molar-refractivity contribution in [1.82, 2.24) is 15.0 Å². The first-order valence-electron chi connectivity index (χ1n) is 4.16. The fourth-order valence-electron chi connectivity index (χ4n) is 0.961. The third-order valence-corrected chi connectivity index (χ3v) is 2.33. The highest BCUT2D eigenvalue weighted by Crippen LogP contribution is 2.10. The molecule has 1 aromatic rings. The van der Waals surface area contributed by atoms with Crippen LogP contribution >= 0.6 is 11.5 Å². The number of hydrogen-bond acceptors (Lipinski definition) is 5. The normalized spacial score (nSPS) is 11.8. The van der Waals surface area contributed by atoms with Crippen LogP contribution < -0.4 is 11.3 Å². The van der Waals surface area contributed by atoms with Crippen molar-refractivity contribution in [2.75, 3.05) is 6.54 Å². The Morgan fingerprint density at radius 1 is 1.62 bits per heavy atom. The van der Waals surface area contributed by atoms with Crippen LogP contribution in [-0.4, -0.2) is 22.0 Å². The van der Waals surface area contributed by atoms with E-state index in [1.165, 1.54) is 11.5 Å². The Bertz CT molecular complexity index is 293. The van der Waals surface area contributed by atoms with Crippen molar-refractivity contribution in [1.29, 1.82) is 0 Å². The predicted octanol–water partition coefficient (Wildman–Crippen LogP) is 0.330. The molecule has 0 aromatic carbocycles. The van der Waals surface area contributed by atoms with Crippen LogP contribution in [0.4, 0.5) is 0 Å². The molecule has 0 bridgehead atoms. The topological polar surface area (TPSA) is 76.2 Å². The summed E-state index contributed by atoms with van der Waals surface area (Å²) in [6.45, 7) is 4.68. The van der Waals surface area contributed by atoms with E-state index in [-0.39, 0.29) is 0 Å². The Morgan fingerprint density at radius 3 is 2.92 bits per heavy atom. The summed E-state index contributed by atoms with van der Waals surface area (Å²) in [5.41, 5.74) is 3.50. The van der Waals surface area contributed by atoms with Gasteiger partial charge in [-0.2, -0.15) is 0 Å². The molecule has 0 amide bonds. The van der Waals surface area contributed by atoms with Crippen LogP contribution in [-0.2, 0) is 6.42 Å². The second-order valence-corrected chi connectivity index (χ2v) is 3.12. The first-order chi connectivity index (χ1) is 6.33. The van der Waals surface area contributed by atoms with E-state index in [2.05, 4.69) is 20.0 Å². The van der Waals surface area contributed by atoms with Gasteiger partial charge in [0.05, 0.1) is 5.69 Å². The van der Waals surface area contributed by atoms with Crippen molar-refractivity contribution in [3.8, 4) is 0 Å². The van der Waals surface area contributed by atoms with Crippen LogP contribution in [0.2, 0.25) is 0 Å². The minimum absolute atomic E-state index is 0.675. The molecule has 0 aliphatic carbocycles. The van der Waals surface area contributed by atoms with E-state index in [0.29, 0.717) is 12.4 Å². The number of aromatic nitrogens is 2. The third kappa shape index (κ3) is 2.22. The number of nitrogens with two attached hydrogens (primary N) is 1. The van der Waals surface area contributed by atoms with Crippen molar-refractivity contribution >= 4 is 17.4 Å². The second-order valence-electron chi connectivity index (χ2n) is 2.37. The molecule has 5 nitrogen and oxygen atoms in total. The minimum atomic E-state index is 0.675. The molecule has 0 fully saturated rings. The number of hydrogen-bond donors (Lipinski definition) is 2. The highest BCUT2D eigenvalue weighted by Gasteiger charge is 2.10. The van der Waals surface area contributed by atoms with Crippen molar-refractivity contribution < 1.29 is 0 Å². The van der Waals surface area contributed by atoms with Crippen LogP contribution in [0.25, 0.3) is 0 Å². The molecule has 6 heteroatoms. The van der Waals surface area contributed by atoms with Gasteiger partial charge in [-0.05, 0) is 24.9 Å². The van der Waals surface area contributed by atoms with Crippen LogP contribution in [0.15, 0.2) is 4.99 Å². The summed E-state index contributed by atoms with van der Waals surface area (Å²) < 4.78 is 3.86. The molecular weight excluding hydrogens is 186 g/mol. The Labute approximate surface area is 81.2 Å². The van der Waals surface area contributed by atoms with Gasteiger partial charge in [0.1, 0.15) is 4.88 Å². The van der Waals surface area contributed by atoms with Crippen molar-refractivity contribution in [2.24, 2.45) is 10.8 Å². The number of aliphatic imine (C=N–C) groups is 1. The number of aryl methyl sites for hydroxylation is 1. The lowest BCUT2D eigenvalue weighted by atomic mass is 10.3. The maximum atomic E-state index is 5.34. The molecule has 1 heterocycles. The predicted molar refractivity (Wildman–Crippen MR) is 53.7 cm³/mol. The molecule has 72 valence electrons. The summed E-state index contributed by atoms with van der Waals surface area (Å²) >= 11 is 1.31. The van der Waals surface area contributed by atoms with Gasteiger partial charge in [0.25, 0.3) is 0 Å². The highest BCUT2D eigenvalue weighted by atomic mass is 32.1. The zero-order valence-electron chi connectivity index (χ0n) is 7.74. The minimum Gasteiger partial charge on any atom is -0.307 e. The number of amidine groups is 1. The van der Waals surface area contributed by atoms with E-state index in [1.54, 1.807) is 0 Å². The molecule has 0 atom stereocenters. The Hall–Kier alpha value is -1.01. The number of nitrogens with zero attached hydrogens (tertiary/aromatic N) is 3. The Balaban J connectivity index is 2.97. The van der Waals surface area contributed by atoms with Crippen molar-refractivity contribution in [3.63, 3.8) is 0 Å². The standard InChI is InChI=1S/C7H13N5S/c1-3-5-6(13-12-11-5)7(10-8)9-4-2/h3-4,8H2,1-2H3,(H,9,10). The van der Waals surface area contributed by atoms with Crippen LogP contribution in [0.5, 0.6) is 0 Å². The summed E-state index contributed by atoms with van der Waals surface area (Å²) in [5.74, 6) is 6.02. The van der Waals surface area contributed by atoms with Gasteiger partial charge in [-0.1, -0.05) is 11.4 Å². The maximum Gasteiger partial charge on any atom is 0.156 e. The average molecular weight is 199 g/mol. The average Bonchev–Trinajstić information content (AvgIpc) is 2.61. The van der Waals surface area contributed by atoms with Gasteiger partial charge in [0.2, 0.25) is 0 Å². The molecule has 13 heavy (non-hydrogen) atoms. The van der Waals surface area contributed by atoms with E-state index in [1.807, 2.05) is 13.8 Å². The van der Waals surface area contributed by atoms with Crippen molar-refractivity contribution in [2.45, 2.75) is 20.3 Å². The van der Waals surface area contributed by atoms with Gasteiger partial charge in [-0.25, -0.2) is 5.84 Å². The summed E-state index contributed by atoms with van der Waals surface area (Å²) in [4.78, 5) is 5.14. The first kappa shape index (κ1) is 10.1. The molecule has 0 saturated carbocycles. The van der Waals surface area contributed by atoms with Crippen molar-refractivity contribution in [3.05, 3.63) is 10.6 Å². The molecule has 0 unspecified atom stereocenters. The van der Waals surface area contributed by atoms with E-state index in [9.17, 15) is 0 Å². The molecular formula is C7H13N5S. The fraction of sp³-hybridized carbons (Fsp3) is 0.571. The molecule has 0 aliphatic heterocycles. The summed E-state index contributed by atoms with van der Waals surface area (Å²) in [6.07, 6.45) is 0.843. The smallest absolute Gasteiger partial charge is 0.156 e. The zero-order chi connectivity index (χ0) is 9.68. The van der Waals surface area contributed by atoms with Crippen LogP contribution in [0.3, 0.4) is 0 Å². The number of hydrazine groups is 1. The zero-order valence-corrected chi connectivity index (χ0v) is 8.56. The number of nitrogens with one attached hydrogen (secondary N) is 1. The first-order valence-corrected chi connectivity index (χ1v) is 4.93. The summed E-state index contributed by atoms with van der Waals surface area (Å²) in [7, 11) is 0. The fourth-order valence-corrected chi connectivity index (χ4v) is 1.68. The van der Waals surface area contributed by atoms with Gasteiger partial charge in [-0.3, -0.25) is 4.99 Å². The van der Waals surface area contributed by atoms with E-state index in [4.69, 9.17) is 5.84 Å². The lowest BCUT2D eigenvalue weighted by molar-refractivity contribution is 0.963. The van der Waals surface area contributed by atoms with Gasteiger partial charge < -0.3 is 5.43 Å². The lowest BCUT2D eigenvalue weighted by Crippen LogP contribution is -2.31. The van der Waals surface area contributed by atoms with Crippen LogP contribution in [0, 0.1) is 0 Å². The SMILES string of the molecule is CCN=C(NN)c1snnc1CC.